The fourth-order valence-electron chi connectivity index (χ4n) is 2.49. The van der Waals surface area contributed by atoms with Crippen LogP contribution < -0.4 is 4.74 Å². The lowest BCUT2D eigenvalue weighted by atomic mass is 10.1. The quantitative estimate of drug-likeness (QED) is 0.294. The van der Waals surface area contributed by atoms with Crippen molar-refractivity contribution in [2.75, 3.05) is 33.5 Å². The molecular formula is C25H24N2O4. The van der Waals surface area contributed by atoms with Gasteiger partial charge in [-0.05, 0) is 72.8 Å². The van der Waals surface area contributed by atoms with E-state index in [0.29, 0.717) is 32.1 Å². The Hall–Kier alpha value is -3.66. The minimum atomic E-state index is 0.201. The Morgan fingerprint density at radius 1 is 0.677 bits per heavy atom. The average molecular weight is 416 g/mol. The molecule has 31 heavy (non-hydrogen) atoms. The summed E-state index contributed by atoms with van der Waals surface area (Å²) >= 11 is 0. The van der Waals surface area contributed by atoms with Gasteiger partial charge < -0.3 is 19.3 Å². The van der Waals surface area contributed by atoms with E-state index in [1.165, 1.54) is 0 Å². The van der Waals surface area contributed by atoms with Crippen molar-refractivity contribution in [2.24, 2.45) is 10.2 Å². The molecule has 3 aromatic carbocycles. The van der Waals surface area contributed by atoms with Gasteiger partial charge in [-0.3, -0.25) is 0 Å². The summed E-state index contributed by atoms with van der Waals surface area (Å²) in [6.45, 7) is 2.16. The highest BCUT2D eigenvalue weighted by atomic mass is 16.5. The van der Waals surface area contributed by atoms with Crippen LogP contribution in [-0.2, 0) is 9.47 Å². The first kappa shape index (κ1) is 22.0. The molecule has 0 heterocycles. The molecule has 0 unspecified atom stereocenters. The van der Waals surface area contributed by atoms with Crippen LogP contribution in [0.3, 0.4) is 0 Å². The average Bonchev–Trinajstić information content (AvgIpc) is 2.81. The fraction of sp³-hybridized carbons (Fsp3) is 0.200. The molecule has 0 bridgehead atoms. The molecule has 158 valence electrons. The molecule has 0 aliphatic heterocycles. The summed E-state index contributed by atoms with van der Waals surface area (Å²) in [4.78, 5) is 0. The predicted molar refractivity (Wildman–Crippen MR) is 119 cm³/mol. The molecule has 3 rings (SSSR count). The Morgan fingerprint density at radius 3 is 1.77 bits per heavy atom. The highest BCUT2D eigenvalue weighted by molar-refractivity contribution is 5.48. The smallest absolute Gasteiger partial charge is 0.119 e. The van der Waals surface area contributed by atoms with Gasteiger partial charge in [0.1, 0.15) is 18.1 Å². The monoisotopic (exact) mass is 416 g/mol. The molecule has 1 N–H and O–H groups in total. The van der Waals surface area contributed by atoms with E-state index in [1.807, 2.05) is 48.5 Å². The lowest BCUT2D eigenvalue weighted by molar-refractivity contribution is 0.0544. The zero-order valence-electron chi connectivity index (χ0n) is 17.3. The molecule has 0 spiro atoms. The summed E-state index contributed by atoms with van der Waals surface area (Å²) in [5.41, 5.74) is 3.19. The molecule has 0 saturated heterocycles. The topological polar surface area (TPSA) is 72.6 Å². The van der Waals surface area contributed by atoms with E-state index >= 15 is 0 Å². The van der Waals surface area contributed by atoms with Crippen molar-refractivity contribution >= 4 is 11.4 Å². The number of phenolic OH excluding ortho intramolecular Hbond substituents is 1. The van der Waals surface area contributed by atoms with Crippen LogP contribution in [-0.4, -0.2) is 38.6 Å². The second-order valence-electron chi connectivity index (χ2n) is 6.49. The van der Waals surface area contributed by atoms with Gasteiger partial charge in [0.2, 0.25) is 0 Å². The number of hydrogen-bond donors (Lipinski definition) is 1. The van der Waals surface area contributed by atoms with Gasteiger partial charge in [0.05, 0.1) is 31.2 Å². The zero-order valence-corrected chi connectivity index (χ0v) is 17.3. The molecule has 0 atom stereocenters. The van der Waals surface area contributed by atoms with Crippen LogP contribution >= 0.6 is 0 Å². The SMILES string of the molecule is COCCOCCOc1ccc(C#Cc2ccc(N=Nc3ccc(O)cc3)cc2)cc1. The van der Waals surface area contributed by atoms with Crippen molar-refractivity contribution in [1.29, 1.82) is 0 Å². The molecule has 6 heteroatoms. The molecular weight excluding hydrogens is 392 g/mol. The number of nitrogens with zero attached hydrogens (tertiary/aromatic N) is 2. The van der Waals surface area contributed by atoms with E-state index in [-0.39, 0.29) is 5.75 Å². The Labute approximate surface area is 182 Å². The summed E-state index contributed by atoms with van der Waals surface area (Å²) in [6.07, 6.45) is 0. The van der Waals surface area contributed by atoms with Crippen molar-refractivity contribution < 1.29 is 19.3 Å². The van der Waals surface area contributed by atoms with Crippen molar-refractivity contribution in [3.63, 3.8) is 0 Å². The first-order valence-corrected chi connectivity index (χ1v) is 9.85. The number of rotatable bonds is 9. The van der Waals surface area contributed by atoms with Gasteiger partial charge in [0, 0.05) is 18.2 Å². The predicted octanol–water partition coefficient (Wildman–Crippen LogP) is 5.25. The Bertz CT molecular complexity index is 1020. The number of aromatic hydroxyl groups is 1. The largest absolute Gasteiger partial charge is 0.508 e. The third-order valence-corrected chi connectivity index (χ3v) is 4.13. The number of benzene rings is 3. The number of methoxy groups -OCH3 is 1. The summed E-state index contributed by atoms with van der Waals surface area (Å²) in [5, 5.41) is 17.6. The molecule has 0 amide bonds. The molecule has 0 radical (unpaired) electrons. The lowest BCUT2D eigenvalue weighted by Gasteiger charge is -2.06. The second-order valence-corrected chi connectivity index (χ2v) is 6.49. The van der Waals surface area contributed by atoms with Crippen molar-refractivity contribution in [1.82, 2.24) is 0 Å². The maximum absolute atomic E-state index is 9.29. The summed E-state index contributed by atoms with van der Waals surface area (Å²) in [5.74, 6) is 7.26. The van der Waals surface area contributed by atoms with E-state index in [1.54, 1.807) is 31.4 Å². The summed E-state index contributed by atoms with van der Waals surface area (Å²) in [7, 11) is 1.65. The minimum Gasteiger partial charge on any atom is -0.508 e. The second kappa shape index (κ2) is 12.1. The van der Waals surface area contributed by atoms with Crippen LogP contribution in [0, 0.1) is 11.8 Å². The summed E-state index contributed by atoms with van der Waals surface area (Å²) < 4.78 is 15.9. The normalized spacial score (nSPS) is 10.6. The number of phenols is 1. The highest BCUT2D eigenvalue weighted by Gasteiger charge is 1.96. The van der Waals surface area contributed by atoms with Crippen LogP contribution in [0.1, 0.15) is 11.1 Å². The van der Waals surface area contributed by atoms with E-state index in [0.717, 1.165) is 22.6 Å². The van der Waals surface area contributed by atoms with Crippen LogP contribution in [0.5, 0.6) is 11.5 Å². The van der Waals surface area contributed by atoms with Crippen molar-refractivity contribution in [3.05, 3.63) is 83.9 Å². The third-order valence-electron chi connectivity index (χ3n) is 4.13. The van der Waals surface area contributed by atoms with Gasteiger partial charge >= 0.3 is 0 Å². The maximum atomic E-state index is 9.29. The third kappa shape index (κ3) is 7.94. The van der Waals surface area contributed by atoms with Crippen LogP contribution in [0.15, 0.2) is 83.0 Å². The molecule has 0 saturated carbocycles. The molecule has 0 aliphatic rings. The molecule has 3 aromatic rings. The number of ether oxygens (including phenoxy) is 3. The maximum Gasteiger partial charge on any atom is 0.119 e. The van der Waals surface area contributed by atoms with E-state index in [9.17, 15) is 5.11 Å². The van der Waals surface area contributed by atoms with Gasteiger partial charge in [0.25, 0.3) is 0 Å². The first-order valence-electron chi connectivity index (χ1n) is 9.85. The first-order chi connectivity index (χ1) is 15.2. The molecule has 6 nitrogen and oxygen atoms in total. The minimum absolute atomic E-state index is 0.201. The van der Waals surface area contributed by atoms with Crippen LogP contribution in [0.4, 0.5) is 11.4 Å². The van der Waals surface area contributed by atoms with Crippen LogP contribution in [0.25, 0.3) is 0 Å². The molecule has 0 aromatic heterocycles. The standard InChI is InChI=1S/C25H24N2O4/c1-29-16-17-30-18-19-31-25-14-6-21(7-15-25)3-2-20-4-8-22(9-5-20)26-27-23-10-12-24(28)13-11-23/h4-15,28H,16-19H2,1H3. The van der Waals surface area contributed by atoms with Gasteiger partial charge in [-0.1, -0.05) is 11.8 Å². The Balaban J connectivity index is 1.49. The van der Waals surface area contributed by atoms with Crippen molar-refractivity contribution in [2.45, 2.75) is 0 Å². The summed E-state index contributed by atoms with van der Waals surface area (Å²) in [6, 6.07) is 21.7. The molecule has 0 aliphatic carbocycles. The fourth-order valence-corrected chi connectivity index (χ4v) is 2.49. The zero-order chi connectivity index (χ0) is 21.7. The molecule has 0 fully saturated rings. The lowest BCUT2D eigenvalue weighted by Crippen LogP contribution is -2.09. The van der Waals surface area contributed by atoms with Crippen LogP contribution in [0.2, 0.25) is 0 Å². The van der Waals surface area contributed by atoms with E-state index in [4.69, 9.17) is 14.2 Å². The van der Waals surface area contributed by atoms with E-state index in [2.05, 4.69) is 22.1 Å². The van der Waals surface area contributed by atoms with Gasteiger partial charge in [-0.15, -0.1) is 0 Å². The van der Waals surface area contributed by atoms with Gasteiger partial charge in [0.15, 0.2) is 0 Å². The Morgan fingerprint density at radius 2 is 1.19 bits per heavy atom. The van der Waals surface area contributed by atoms with E-state index < -0.39 is 0 Å². The van der Waals surface area contributed by atoms with Gasteiger partial charge in [-0.25, -0.2) is 0 Å². The highest BCUT2D eigenvalue weighted by Crippen LogP contribution is 2.20. The Kier molecular flexibility index (Phi) is 8.62. The number of azo groups is 1. The van der Waals surface area contributed by atoms with Gasteiger partial charge in [-0.2, -0.15) is 10.2 Å². The number of hydrogen-bond acceptors (Lipinski definition) is 6. The van der Waals surface area contributed by atoms with Crippen molar-refractivity contribution in [3.8, 4) is 23.3 Å².